The predicted molar refractivity (Wildman–Crippen MR) is 123 cm³/mol. The van der Waals surface area contributed by atoms with Gasteiger partial charge in [-0.2, -0.15) is 0 Å². The molecule has 1 heterocycles. The quantitative estimate of drug-likeness (QED) is 0.664. The first kappa shape index (κ1) is 23.9. The van der Waals surface area contributed by atoms with E-state index < -0.39 is 23.7 Å². The lowest BCUT2D eigenvalue weighted by Crippen LogP contribution is -2.45. The van der Waals surface area contributed by atoms with Crippen LogP contribution in [-0.4, -0.2) is 52.6 Å². The highest BCUT2D eigenvalue weighted by Crippen LogP contribution is 2.45. The number of hydrogen-bond acceptors (Lipinski definition) is 5. The fraction of sp³-hybridized carbons (Fsp3) is 0.423. The fourth-order valence-corrected chi connectivity index (χ4v) is 4.46. The van der Waals surface area contributed by atoms with Gasteiger partial charge in [0.05, 0.1) is 18.2 Å². The van der Waals surface area contributed by atoms with E-state index in [2.05, 4.69) is 5.32 Å². The summed E-state index contributed by atoms with van der Waals surface area (Å²) in [7, 11) is 0. The lowest BCUT2D eigenvalue weighted by atomic mass is 9.90. The maximum atomic E-state index is 13.4. The number of nitrogens with one attached hydrogen (secondary N) is 1. The summed E-state index contributed by atoms with van der Waals surface area (Å²) in [5.74, 6) is -1.64. The van der Waals surface area contributed by atoms with Crippen LogP contribution in [0.2, 0.25) is 0 Å². The Morgan fingerprint density at radius 2 is 1.85 bits per heavy atom. The number of fused-ring (bicyclic) bond motifs is 1. The van der Waals surface area contributed by atoms with Crippen LogP contribution >= 0.6 is 0 Å². The van der Waals surface area contributed by atoms with Crippen LogP contribution in [0.5, 0.6) is 0 Å². The van der Waals surface area contributed by atoms with Gasteiger partial charge in [-0.25, -0.2) is 14.0 Å². The van der Waals surface area contributed by atoms with Crippen molar-refractivity contribution >= 4 is 17.8 Å². The van der Waals surface area contributed by atoms with Crippen LogP contribution in [0.4, 0.5) is 9.18 Å². The van der Waals surface area contributed by atoms with Crippen molar-refractivity contribution in [3.8, 4) is 0 Å². The normalized spacial score (nSPS) is 21.4. The lowest BCUT2D eigenvalue weighted by Gasteiger charge is -2.31. The molecule has 7 nitrogen and oxygen atoms in total. The monoisotopic (exact) mass is 468 g/mol. The molecule has 0 saturated heterocycles. The van der Waals surface area contributed by atoms with Crippen molar-refractivity contribution < 1.29 is 28.6 Å². The predicted octanol–water partition coefficient (Wildman–Crippen LogP) is 4.07. The first-order valence-electron chi connectivity index (χ1n) is 11.4. The summed E-state index contributed by atoms with van der Waals surface area (Å²) in [6, 6.07) is 10.0. The lowest BCUT2D eigenvalue weighted by molar-refractivity contribution is -0.122. The van der Waals surface area contributed by atoms with E-state index >= 15 is 0 Å². The average Bonchev–Trinajstić information content (AvgIpc) is 3.56. The van der Waals surface area contributed by atoms with Crippen LogP contribution in [0.3, 0.4) is 0 Å². The van der Waals surface area contributed by atoms with Gasteiger partial charge in [0.25, 0.3) is 0 Å². The van der Waals surface area contributed by atoms with Crippen molar-refractivity contribution in [3.05, 3.63) is 70.5 Å². The van der Waals surface area contributed by atoms with Gasteiger partial charge in [0, 0.05) is 18.5 Å². The number of rotatable bonds is 6. The Balaban J connectivity index is 1.57. The zero-order valence-electron chi connectivity index (χ0n) is 19.5. The standard InChI is InChI=1S/C26H29FN2O5/c1-26(2,3)34-25(33)29(21-13-19(21)15-6-8-18(27)9-7-15)14-22(30)23-20-12-17(24(31)32)5-4-16(20)10-11-28-23/h4-9,12,19,21,23,28H,10-11,13-14H2,1-3H3,(H,31,32). The number of benzene rings is 2. The van der Waals surface area contributed by atoms with Crippen molar-refractivity contribution in [3.63, 3.8) is 0 Å². The molecule has 2 aromatic rings. The molecule has 0 bridgehead atoms. The van der Waals surface area contributed by atoms with E-state index in [1.807, 2.05) is 0 Å². The van der Waals surface area contributed by atoms with E-state index in [0.29, 0.717) is 24.9 Å². The minimum atomic E-state index is -1.06. The highest BCUT2D eigenvalue weighted by molar-refractivity contribution is 5.92. The van der Waals surface area contributed by atoms with Gasteiger partial charge in [-0.3, -0.25) is 9.69 Å². The summed E-state index contributed by atoms with van der Waals surface area (Å²) in [5.41, 5.74) is 1.83. The number of hydrogen-bond donors (Lipinski definition) is 2. The number of aromatic carboxylic acids is 1. The van der Waals surface area contributed by atoms with E-state index in [0.717, 1.165) is 11.1 Å². The number of carboxylic acid groups (broad SMARTS) is 1. The molecule has 0 radical (unpaired) electrons. The largest absolute Gasteiger partial charge is 0.478 e. The van der Waals surface area contributed by atoms with Gasteiger partial charge >= 0.3 is 12.1 Å². The van der Waals surface area contributed by atoms with Crippen molar-refractivity contribution in [1.29, 1.82) is 0 Å². The second-order valence-corrected chi connectivity index (χ2v) is 9.89. The molecule has 0 aromatic heterocycles. The van der Waals surface area contributed by atoms with Gasteiger partial charge in [0.2, 0.25) is 0 Å². The number of nitrogens with zero attached hydrogens (tertiary/aromatic N) is 1. The van der Waals surface area contributed by atoms with Crippen LogP contribution < -0.4 is 5.32 Å². The first-order chi connectivity index (χ1) is 16.0. The minimum absolute atomic E-state index is 0.00821. The summed E-state index contributed by atoms with van der Waals surface area (Å²) in [6.45, 7) is 5.69. The van der Waals surface area contributed by atoms with Gasteiger partial charge in [-0.1, -0.05) is 18.2 Å². The third kappa shape index (κ3) is 5.28. The van der Waals surface area contributed by atoms with Gasteiger partial charge in [-0.05, 0) is 74.6 Å². The maximum absolute atomic E-state index is 13.4. The van der Waals surface area contributed by atoms with Crippen LogP contribution in [0.15, 0.2) is 42.5 Å². The highest BCUT2D eigenvalue weighted by Gasteiger charge is 2.47. The molecule has 1 aliphatic carbocycles. The van der Waals surface area contributed by atoms with Crippen molar-refractivity contribution in [1.82, 2.24) is 10.2 Å². The molecule has 2 N–H and O–H groups in total. The van der Waals surface area contributed by atoms with Crippen LogP contribution in [-0.2, 0) is 16.0 Å². The molecule has 1 saturated carbocycles. The van der Waals surface area contributed by atoms with Gasteiger partial charge in [0.15, 0.2) is 5.78 Å². The maximum Gasteiger partial charge on any atom is 0.410 e. The van der Waals surface area contributed by atoms with Gasteiger partial charge < -0.3 is 15.2 Å². The molecule has 1 fully saturated rings. The minimum Gasteiger partial charge on any atom is -0.478 e. The van der Waals surface area contributed by atoms with Gasteiger partial charge in [0.1, 0.15) is 11.4 Å². The smallest absolute Gasteiger partial charge is 0.410 e. The first-order valence-corrected chi connectivity index (χ1v) is 11.4. The average molecular weight is 469 g/mol. The summed E-state index contributed by atoms with van der Waals surface area (Å²) >= 11 is 0. The van der Waals surface area contributed by atoms with E-state index in [9.17, 15) is 23.9 Å². The third-order valence-electron chi connectivity index (χ3n) is 6.18. The third-order valence-corrected chi connectivity index (χ3v) is 6.18. The molecule has 34 heavy (non-hydrogen) atoms. The van der Waals surface area contributed by atoms with Crippen LogP contribution in [0.1, 0.15) is 66.2 Å². The summed E-state index contributed by atoms with van der Waals surface area (Å²) in [4.78, 5) is 39.4. The topological polar surface area (TPSA) is 95.9 Å². The number of ether oxygens (including phenoxy) is 1. The molecular formula is C26H29FN2O5. The molecule has 3 atom stereocenters. The Bertz CT molecular complexity index is 1110. The Hall–Kier alpha value is -3.26. The second kappa shape index (κ2) is 9.18. The molecule has 4 rings (SSSR count). The Morgan fingerprint density at radius 3 is 2.50 bits per heavy atom. The second-order valence-electron chi connectivity index (χ2n) is 9.89. The summed E-state index contributed by atoms with van der Waals surface area (Å²) < 4.78 is 18.9. The number of carbonyl (C=O) groups is 3. The molecule has 180 valence electrons. The SMILES string of the molecule is CC(C)(C)OC(=O)N(CC(=O)C1NCCc2ccc(C(=O)O)cc21)C1CC1c1ccc(F)cc1. The zero-order valence-corrected chi connectivity index (χ0v) is 19.5. The van der Waals surface area contributed by atoms with Crippen LogP contribution in [0, 0.1) is 5.82 Å². The molecule has 8 heteroatoms. The number of amides is 1. The molecule has 2 aliphatic rings. The zero-order chi connectivity index (χ0) is 24.6. The number of carboxylic acids is 1. The van der Waals surface area contributed by atoms with E-state index in [1.54, 1.807) is 45.0 Å². The number of Topliss-reactive ketones (excluding diaryl/α,β-unsaturated/α-hetero) is 1. The number of ketones is 1. The molecular weight excluding hydrogens is 439 g/mol. The Morgan fingerprint density at radius 1 is 1.15 bits per heavy atom. The van der Waals surface area contributed by atoms with Crippen molar-refractivity contribution in [2.24, 2.45) is 0 Å². The number of halogens is 1. The Kier molecular flexibility index (Phi) is 6.45. The Labute approximate surface area is 197 Å². The van der Waals surface area contributed by atoms with Crippen molar-refractivity contribution in [2.75, 3.05) is 13.1 Å². The van der Waals surface area contributed by atoms with Gasteiger partial charge in [-0.15, -0.1) is 0 Å². The summed E-state index contributed by atoms with van der Waals surface area (Å²) in [5, 5.41) is 12.6. The molecule has 0 spiro atoms. The fourth-order valence-electron chi connectivity index (χ4n) is 4.46. The van der Waals surface area contributed by atoms with E-state index in [4.69, 9.17) is 4.74 Å². The summed E-state index contributed by atoms with van der Waals surface area (Å²) in [6.07, 6.45) is 0.755. The number of carbonyl (C=O) groups excluding carboxylic acids is 2. The van der Waals surface area contributed by atoms with E-state index in [1.165, 1.54) is 23.1 Å². The molecule has 3 unspecified atom stereocenters. The van der Waals surface area contributed by atoms with Crippen molar-refractivity contribution in [2.45, 2.75) is 57.2 Å². The van der Waals surface area contributed by atoms with E-state index in [-0.39, 0.29) is 35.7 Å². The molecule has 2 aromatic carbocycles. The molecule has 1 amide bonds. The highest BCUT2D eigenvalue weighted by atomic mass is 19.1. The molecule has 1 aliphatic heterocycles. The van der Waals surface area contributed by atoms with Crippen LogP contribution in [0.25, 0.3) is 0 Å².